The van der Waals surface area contributed by atoms with Crippen LogP contribution < -0.4 is 0 Å². The fourth-order valence-corrected chi connectivity index (χ4v) is 1.93. The molecule has 0 spiro atoms. The predicted octanol–water partition coefficient (Wildman–Crippen LogP) is 3.06. The fourth-order valence-electron chi connectivity index (χ4n) is 1.93. The molecule has 0 aliphatic rings. The van der Waals surface area contributed by atoms with Gasteiger partial charge in [0.05, 0.1) is 0 Å². The van der Waals surface area contributed by atoms with E-state index < -0.39 is 17.7 Å². The lowest BCUT2D eigenvalue weighted by molar-refractivity contribution is 0.214. The van der Waals surface area contributed by atoms with Gasteiger partial charge in [0.2, 0.25) is 0 Å². The van der Waals surface area contributed by atoms with Crippen LogP contribution in [0, 0.1) is 25.5 Å². The first-order chi connectivity index (χ1) is 8.47. The van der Waals surface area contributed by atoms with Crippen molar-refractivity contribution in [2.45, 2.75) is 20.0 Å². The first-order valence-corrected chi connectivity index (χ1v) is 5.55. The summed E-state index contributed by atoms with van der Waals surface area (Å²) in [5, 5.41) is 10.1. The van der Waals surface area contributed by atoms with Gasteiger partial charge in [-0.2, -0.15) is 0 Å². The van der Waals surface area contributed by atoms with Crippen LogP contribution in [0.1, 0.15) is 28.6 Å². The standard InChI is InChI=1S/C14H13F2NO/c1-8-5-10(6-9(2)17-8)14(18)12-4-3-11(15)7-13(12)16/h3-7,14,18H,1-2H3. The molecule has 2 aromatic rings. The Labute approximate surface area is 104 Å². The fraction of sp³-hybridized carbons (Fsp3) is 0.214. The number of rotatable bonds is 2. The minimum Gasteiger partial charge on any atom is -0.384 e. The van der Waals surface area contributed by atoms with Crippen molar-refractivity contribution in [3.05, 3.63) is 64.5 Å². The van der Waals surface area contributed by atoms with E-state index in [0.29, 0.717) is 5.56 Å². The van der Waals surface area contributed by atoms with Crippen LogP contribution in [0.4, 0.5) is 8.78 Å². The molecule has 1 heterocycles. The summed E-state index contributed by atoms with van der Waals surface area (Å²) in [4.78, 5) is 4.18. The van der Waals surface area contributed by atoms with Gasteiger partial charge in [-0.1, -0.05) is 6.07 Å². The summed E-state index contributed by atoms with van der Waals surface area (Å²) < 4.78 is 26.4. The van der Waals surface area contributed by atoms with E-state index in [1.165, 1.54) is 6.07 Å². The molecule has 0 saturated carbocycles. The number of hydrogen-bond acceptors (Lipinski definition) is 2. The van der Waals surface area contributed by atoms with Gasteiger partial charge in [-0.15, -0.1) is 0 Å². The van der Waals surface area contributed by atoms with Crippen molar-refractivity contribution in [1.82, 2.24) is 4.98 Å². The summed E-state index contributed by atoms with van der Waals surface area (Å²) in [6.07, 6.45) is -1.12. The van der Waals surface area contributed by atoms with Crippen LogP contribution in [0.25, 0.3) is 0 Å². The van der Waals surface area contributed by atoms with Crippen molar-refractivity contribution < 1.29 is 13.9 Å². The van der Waals surface area contributed by atoms with Gasteiger partial charge < -0.3 is 5.11 Å². The largest absolute Gasteiger partial charge is 0.384 e. The highest BCUT2D eigenvalue weighted by molar-refractivity contribution is 5.32. The topological polar surface area (TPSA) is 33.1 Å². The Hall–Kier alpha value is -1.81. The maximum absolute atomic E-state index is 13.6. The van der Waals surface area contributed by atoms with Gasteiger partial charge in [0.25, 0.3) is 0 Å². The van der Waals surface area contributed by atoms with Gasteiger partial charge in [-0.25, -0.2) is 8.78 Å². The van der Waals surface area contributed by atoms with Gasteiger partial charge >= 0.3 is 0 Å². The molecule has 1 unspecified atom stereocenters. The molecule has 0 aliphatic carbocycles. The molecule has 94 valence electrons. The monoisotopic (exact) mass is 249 g/mol. The summed E-state index contributed by atoms with van der Waals surface area (Å²) in [5.74, 6) is -1.42. The van der Waals surface area contributed by atoms with Crippen LogP contribution in [0.3, 0.4) is 0 Å². The van der Waals surface area contributed by atoms with Crippen LogP contribution in [-0.2, 0) is 0 Å². The van der Waals surface area contributed by atoms with Crippen molar-refractivity contribution >= 4 is 0 Å². The molecule has 2 rings (SSSR count). The average Bonchev–Trinajstić information content (AvgIpc) is 2.26. The Balaban J connectivity index is 2.44. The zero-order chi connectivity index (χ0) is 13.3. The minimum absolute atomic E-state index is 0.0569. The second-order valence-corrected chi connectivity index (χ2v) is 4.25. The van der Waals surface area contributed by atoms with Crippen LogP contribution >= 0.6 is 0 Å². The molecule has 1 aromatic carbocycles. The van der Waals surface area contributed by atoms with Crippen molar-refractivity contribution in [2.24, 2.45) is 0 Å². The van der Waals surface area contributed by atoms with Gasteiger partial charge in [-0.3, -0.25) is 4.98 Å². The summed E-state index contributed by atoms with van der Waals surface area (Å²) >= 11 is 0. The van der Waals surface area contributed by atoms with Gasteiger partial charge in [0, 0.05) is 23.0 Å². The molecular formula is C14H13F2NO. The van der Waals surface area contributed by atoms with Crippen molar-refractivity contribution in [3.63, 3.8) is 0 Å². The molecule has 4 heteroatoms. The third-order valence-corrected chi connectivity index (χ3v) is 2.68. The molecular weight excluding hydrogens is 236 g/mol. The van der Waals surface area contributed by atoms with E-state index >= 15 is 0 Å². The van der Waals surface area contributed by atoms with E-state index in [1.54, 1.807) is 26.0 Å². The summed E-state index contributed by atoms with van der Waals surface area (Å²) in [7, 11) is 0. The molecule has 1 aromatic heterocycles. The molecule has 0 radical (unpaired) electrons. The zero-order valence-corrected chi connectivity index (χ0v) is 10.1. The second kappa shape index (κ2) is 4.82. The quantitative estimate of drug-likeness (QED) is 0.887. The normalized spacial score (nSPS) is 12.5. The highest BCUT2D eigenvalue weighted by Gasteiger charge is 2.16. The Morgan fingerprint density at radius 1 is 1.06 bits per heavy atom. The Bertz CT molecular complexity index is 564. The van der Waals surface area contributed by atoms with Crippen molar-refractivity contribution in [1.29, 1.82) is 0 Å². The molecule has 2 nitrogen and oxygen atoms in total. The second-order valence-electron chi connectivity index (χ2n) is 4.25. The molecule has 1 N–H and O–H groups in total. The van der Waals surface area contributed by atoms with E-state index in [-0.39, 0.29) is 5.56 Å². The lowest BCUT2D eigenvalue weighted by Crippen LogP contribution is -2.04. The SMILES string of the molecule is Cc1cc(C(O)c2ccc(F)cc2F)cc(C)n1. The predicted molar refractivity (Wildman–Crippen MR) is 64.1 cm³/mol. The first kappa shape index (κ1) is 12.6. The molecule has 0 bridgehead atoms. The number of aromatic nitrogens is 1. The third kappa shape index (κ3) is 2.54. The van der Waals surface area contributed by atoms with E-state index in [1.807, 2.05) is 0 Å². The average molecular weight is 249 g/mol. The molecule has 0 fully saturated rings. The number of aliphatic hydroxyl groups excluding tert-OH is 1. The van der Waals surface area contributed by atoms with Crippen molar-refractivity contribution in [2.75, 3.05) is 0 Å². The number of nitrogens with zero attached hydrogens (tertiary/aromatic N) is 1. The Morgan fingerprint density at radius 3 is 2.22 bits per heavy atom. The first-order valence-electron chi connectivity index (χ1n) is 5.55. The molecule has 0 aliphatic heterocycles. The maximum atomic E-state index is 13.6. The number of hydrogen-bond donors (Lipinski definition) is 1. The number of aliphatic hydroxyl groups is 1. The molecule has 1 atom stereocenters. The summed E-state index contributed by atoms with van der Waals surface area (Å²) in [6.45, 7) is 3.59. The van der Waals surface area contributed by atoms with Crippen LogP contribution in [0.2, 0.25) is 0 Å². The van der Waals surface area contributed by atoms with E-state index in [2.05, 4.69) is 4.98 Å². The highest BCUT2D eigenvalue weighted by atomic mass is 19.1. The van der Waals surface area contributed by atoms with Gasteiger partial charge in [-0.05, 0) is 37.6 Å². The van der Waals surface area contributed by atoms with E-state index in [0.717, 1.165) is 23.5 Å². The highest BCUT2D eigenvalue weighted by Crippen LogP contribution is 2.25. The molecule has 0 amide bonds. The number of aryl methyl sites for hydroxylation is 2. The Kier molecular flexibility index (Phi) is 3.39. The smallest absolute Gasteiger partial charge is 0.132 e. The van der Waals surface area contributed by atoms with E-state index in [9.17, 15) is 13.9 Å². The van der Waals surface area contributed by atoms with Crippen LogP contribution in [0.15, 0.2) is 30.3 Å². The van der Waals surface area contributed by atoms with Crippen molar-refractivity contribution in [3.8, 4) is 0 Å². The number of halogens is 2. The Morgan fingerprint density at radius 2 is 1.67 bits per heavy atom. The van der Waals surface area contributed by atoms with Crippen LogP contribution in [-0.4, -0.2) is 10.1 Å². The van der Waals surface area contributed by atoms with E-state index in [4.69, 9.17) is 0 Å². The lowest BCUT2D eigenvalue weighted by Gasteiger charge is -2.13. The zero-order valence-electron chi connectivity index (χ0n) is 10.1. The van der Waals surface area contributed by atoms with Gasteiger partial charge in [0.15, 0.2) is 0 Å². The maximum Gasteiger partial charge on any atom is 0.132 e. The minimum atomic E-state index is -1.12. The summed E-state index contributed by atoms with van der Waals surface area (Å²) in [5.41, 5.74) is 2.09. The molecule has 0 saturated heterocycles. The third-order valence-electron chi connectivity index (χ3n) is 2.68. The van der Waals surface area contributed by atoms with Gasteiger partial charge in [0.1, 0.15) is 17.7 Å². The summed E-state index contributed by atoms with van der Waals surface area (Å²) in [6, 6.07) is 6.50. The molecule has 18 heavy (non-hydrogen) atoms. The number of benzene rings is 1. The van der Waals surface area contributed by atoms with Crippen LogP contribution in [0.5, 0.6) is 0 Å². The lowest BCUT2D eigenvalue weighted by atomic mass is 10.0. The number of pyridine rings is 1.